The third kappa shape index (κ3) is 3.63. The van der Waals surface area contributed by atoms with Crippen LogP contribution in [0.25, 0.3) is 0 Å². The fourth-order valence-electron chi connectivity index (χ4n) is 1.74. The molecule has 0 aromatic carbocycles. The summed E-state index contributed by atoms with van der Waals surface area (Å²) in [7, 11) is 1.68. The van der Waals surface area contributed by atoms with E-state index in [9.17, 15) is 5.11 Å². The lowest BCUT2D eigenvalue weighted by Crippen LogP contribution is -2.26. The molecule has 0 aromatic rings. The highest BCUT2D eigenvalue weighted by molar-refractivity contribution is 4.77. The van der Waals surface area contributed by atoms with E-state index in [1.54, 1.807) is 7.11 Å². The zero-order valence-corrected chi connectivity index (χ0v) is 8.53. The van der Waals surface area contributed by atoms with Crippen molar-refractivity contribution in [1.29, 1.82) is 0 Å². The lowest BCUT2D eigenvalue weighted by molar-refractivity contribution is -0.0338. The van der Waals surface area contributed by atoms with Crippen molar-refractivity contribution >= 4 is 0 Å². The summed E-state index contributed by atoms with van der Waals surface area (Å²) in [6, 6.07) is 0. The minimum atomic E-state index is -0.305. The Morgan fingerprint density at radius 1 is 1.54 bits per heavy atom. The van der Waals surface area contributed by atoms with Crippen LogP contribution in [0.15, 0.2) is 0 Å². The van der Waals surface area contributed by atoms with E-state index in [1.165, 1.54) is 0 Å². The molecule has 0 spiro atoms. The maximum absolute atomic E-state index is 9.71. The summed E-state index contributed by atoms with van der Waals surface area (Å²) >= 11 is 0. The van der Waals surface area contributed by atoms with Crippen molar-refractivity contribution in [3.05, 3.63) is 0 Å². The number of hydrogen-bond donors (Lipinski definition) is 1. The molecule has 78 valence electrons. The molecule has 1 rings (SSSR count). The molecule has 1 fully saturated rings. The molecule has 0 saturated carbocycles. The van der Waals surface area contributed by atoms with Gasteiger partial charge in [0.1, 0.15) is 0 Å². The van der Waals surface area contributed by atoms with Crippen molar-refractivity contribution < 1.29 is 14.6 Å². The number of aliphatic hydroxyl groups is 1. The summed E-state index contributed by atoms with van der Waals surface area (Å²) in [5, 5.41) is 9.71. The van der Waals surface area contributed by atoms with Gasteiger partial charge in [0, 0.05) is 13.7 Å². The normalized spacial score (nSPS) is 30.7. The molecular formula is C10H20O3. The van der Waals surface area contributed by atoms with E-state index >= 15 is 0 Å². The summed E-state index contributed by atoms with van der Waals surface area (Å²) in [6.45, 7) is 2.78. The van der Waals surface area contributed by atoms with Crippen molar-refractivity contribution in [1.82, 2.24) is 0 Å². The molecule has 3 unspecified atom stereocenters. The summed E-state index contributed by atoms with van der Waals surface area (Å²) in [5.41, 5.74) is 0. The van der Waals surface area contributed by atoms with Gasteiger partial charge in [0.25, 0.3) is 0 Å². The number of hydrogen-bond acceptors (Lipinski definition) is 3. The second kappa shape index (κ2) is 5.58. The highest BCUT2D eigenvalue weighted by atomic mass is 16.5. The van der Waals surface area contributed by atoms with Crippen LogP contribution in [0, 0.1) is 0 Å². The van der Waals surface area contributed by atoms with E-state index in [4.69, 9.17) is 9.47 Å². The van der Waals surface area contributed by atoms with Crippen LogP contribution < -0.4 is 0 Å². The Labute approximate surface area is 80.0 Å². The largest absolute Gasteiger partial charge is 0.390 e. The average molecular weight is 188 g/mol. The highest BCUT2D eigenvalue weighted by Gasteiger charge is 2.27. The van der Waals surface area contributed by atoms with Gasteiger partial charge in [0.05, 0.1) is 18.3 Å². The van der Waals surface area contributed by atoms with Gasteiger partial charge < -0.3 is 14.6 Å². The third-order valence-corrected chi connectivity index (χ3v) is 2.54. The van der Waals surface area contributed by atoms with E-state index in [0.29, 0.717) is 6.10 Å². The van der Waals surface area contributed by atoms with Crippen molar-refractivity contribution in [3.63, 3.8) is 0 Å². The molecule has 13 heavy (non-hydrogen) atoms. The molecule has 0 aromatic heterocycles. The smallest absolute Gasteiger partial charge is 0.0838 e. The maximum atomic E-state index is 9.71. The zero-order chi connectivity index (χ0) is 9.68. The molecule has 1 N–H and O–H groups in total. The maximum Gasteiger partial charge on any atom is 0.0838 e. The summed E-state index contributed by atoms with van der Waals surface area (Å²) in [6.07, 6.45) is 3.84. The molecule has 0 aliphatic carbocycles. The number of aliphatic hydroxyl groups excluding tert-OH is 1. The molecule has 1 aliphatic heterocycles. The summed E-state index contributed by atoms with van der Waals surface area (Å²) < 4.78 is 10.5. The lowest BCUT2D eigenvalue weighted by atomic mass is 10.1. The average Bonchev–Trinajstić information content (AvgIpc) is 2.52. The Hall–Kier alpha value is -0.120. The Morgan fingerprint density at radius 3 is 2.85 bits per heavy atom. The highest BCUT2D eigenvalue weighted by Crippen LogP contribution is 2.23. The SMILES string of the molecule is COCCCC(O)C1CCC(C)O1. The predicted octanol–water partition coefficient (Wildman–Crippen LogP) is 1.34. The summed E-state index contributed by atoms with van der Waals surface area (Å²) in [4.78, 5) is 0. The second-order valence-corrected chi connectivity index (χ2v) is 3.76. The minimum Gasteiger partial charge on any atom is -0.390 e. The number of ether oxygens (including phenoxy) is 2. The van der Waals surface area contributed by atoms with Crippen molar-refractivity contribution in [2.24, 2.45) is 0 Å². The molecule has 3 nitrogen and oxygen atoms in total. The van der Waals surface area contributed by atoms with E-state index in [0.717, 1.165) is 32.3 Å². The topological polar surface area (TPSA) is 38.7 Å². The summed E-state index contributed by atoms with van der Waals surface area (Å²) in [5.74, 6) is 0. The Kier molecular flexibility index (Phi) is 4.70. The van der Waals surface area contributed by atoms with Gasteiger partial charge in [0.15, 0.2) is 0 Å². The number of methoxy groups -OCH3 is 1. The van der Waals surface area contributed by atoms with Gasteiger partial charge in [-0.2, -0.15) is 0 Å². The van der Waals surface area contributed by atoms with Crippen LogP contribution in [0.1, 0.15) is 32.6 Å². The first-order chi connectivity index (χ1) is 6.24. The van der Waals surface area contributed by atoms with Crippen LogP contribution in [0.3, 0.4) is 0 Å². The van der Waals surface area contributed by atoms with Gasteiger partial charge in [-0.25, -0.2) is 0 Å². The second-order valence-electron chi connectivity index (χ2n) is 3.76. The Balaban J connectivity index is 2.12. The van der Waals surface area contributed by atoms with Crippen LogP contribution in [0.2, 0.25) is 0 Å². The molecule has 1 saturated heterocycles. The van der Waals surface area contributed by atoms with Crippen LogP contribution >= 0.6 is 0 Å². The van der Waals surface area contributed by atoms with Gasteiger partial charge in [-0.05, 0) is 32.6 Å². The van der Waals surface area contributed by atoms with Gasteiger partial charge in [-0.3, -0.25) is 0 Å². The monoisotopic (exact) mass is 188 g/mol. The van der Waals surface area contributed by atoms with E-state index in [-0.39, 0.29) is 12.2 Å². The van der Waals surface area contributed by atoms with Crippen molar-refractivity contribution in [2.45, 2.75) is 50.9 Å². The fraction of sp³-hybridized carbons (Fsp3) is 1.00. The van der Waals surface area contributed by atoms with Crippen molar-refractivity contribution in [3.8, 4) is 0 Å². The van der Waals surface area contributed by atoms with Crippen LogP contribution in [-0.2, 0) is 9.47 Å². The molecule has 1 heterocycles. The van der Waals surface area contributed by atoms with Gasteiger partial charge >= 0.3 is 0 Å². The first kappa shape index (κ1) is 11.0. The van der Waals surface area contributed by atoms with Gasteiger partial charge in [-0.1, -0.05) is 0 Å². The first-order valence-electron chi connectivity index (χ1n) is 5.06. The molecule has 1 aliphatic rings. The van der Waals surface area contributed by atoms with Crippen LogP contribution in [0.5, 0.6) is 0 Å². The van der Waals surface area contributed by atoms with Crippen molar-refractivity contribution in [2.75, 3.05) is 13.7 Å². The van der Waals surface area contributed by atoms with Gasteiger partial charge in [-0.15, -0.1) is 0 Å². The zero-order valence-electron chi connectivity index (χ0n) is 8.53. The lowest BCUT2D eigenvalue weighted by Gasteiger charge is -2.17. The molecule has 3 atom stereocenters. The van der Waals surface area contributed by atoms with E-state index < -0.39 is 0 Å². The fourth-order valence-corrected chi connectivity index (χ4v) is 1.74. The quantitative estimate of drug-likeness (QED) is 0.662. The van der Waals surface area contributed by atoms with E-state index in [1.807, 2.05) is 0 Å². The van der Waals surface area contributed by atoms with Crippen LogP contribution in [-0.4, -0.2) is 37.1 Å². The molecular weight excluding hydrogens is 168 g/mol. The molecule has 0 radical (unpaired) electrons. The van der Waals surface area contributed by atoms with Crippen LogP contribution in [0.4, 0.5) is 0 Å². The Bertz CT molecular complexity index is 138. The molecule has 3 heteroatoms. The standard InChI is InChI=1S/C10H20O3/c1-8-5-6-10(13-8)9(11)4-3-7-12-2/h8-11H,3-7H2,1-2H3. The first-order valence-corrected chi connectivity index (χ1v) is 5.06. The predicted molar refractivity (Wildman–Crippen MR) is 50.7 cm³/mol. The van der Waals surface area contributed by atoms with Gasteiger partial charge in [0.2, 0.25) is 0 Å². The van der Waals surface area contributed by atoms with E-state index in [2.05, 4.69) is 6.92 Å². The minimum absolute atomic E-state index is 0.0619. The third-order valence-electron chi connectivity index (χ3n) is 2.54. The molecule has 0 amide bonds. The molecule has 0 bridgehead atoms. The Morgan fingerprint density at radius 2 is 2.31 bits per heavy atom. The number of rotatable bonds is 5.